The molecule has 0 heterocycles. The van der Waals surface area contributed by atoms with Crippen LogP contribution in [0.3, 0.4) is 0 Å². The van der Waals surface area contributed by atoms with Gasteiger partial charge in [0.15, 0.2) is 0 Å². The van der Waals surface area contributed by atoms with Crippen molar-refractivity contribution in [2.45, 2.75) is 132 Å². The lowest BCUT2D eigenvalue weighted by atomic mass is 9.33. The number of hydrogen-bond acceptors (Lipinski definition) is 4. The summed E-state index contributed by atoms with van der Waals surface area (Å²) in [5.74, 6) is 0.562. The van der Waals surface area contributed by atoms with Crippen LogP contribution in [-0.4, -0.2) is 34.5 Å². The smallest absolute Gasteiger partial charge is 0.303 e. The van der Waals surface area contributed by atoms with Gasteiger partial charge in [-0.1, -0.05) is 67.0 Å². The number of ether oxygens (including phenoxy) is 1. The summed E-state index contributed by atoms with van der Waals surface area (Å²) in [6, 6.07) is 0. The third kappa shape index (κ3) is 3.41. The van der Waals surface area contributed by atoms with E-state index in [2.05, 4.69) is 61.5 Å². The lowest BCUT2D eigenvalue weighted by Gasteiger charge is -2.72. The normalized spacial score (nSPS) is 53.1. The first kappa shape index (κ1) is 26.7. The van der Waals surface area contributed by atoms with E-state index in [0.717, 1.165) is 12.8 Å². The molecule has 0 saturated heterocycles. The second-order valence-corrected chi connectivity index (χ2v) is 16.1. The Morgan fingerprint density at radius 1 is 0.917 bits per heavy atom. The van der Waals surface area contributed by atoms with Gasteiger partial charge in [-0.25, -0.2) is 0 Å². The Morgan fingerprint density at radius 3 is 2.19 bits per heavy atom. The molecule has 0 aliphatic heterocycles. The summed E-state index contributed by atoms with van der Waals surface area (Å²) in [4.78, 5) is 11.9. The summed E-state index contributed by atoms with van der Waals surface area (Å²) in [7, 11) is 0. The summed E-state index contributed by atoms with van der Waals surface area (Å²) >= 11 is 0. The topological polar surface area (TPSA) is 66.8 Å². The Balaban J connectivity index is 1.59. The third-order valence-corrected chi connectivity index (χ3v) is 13.2. The monoisotopic (exact) mass is 500 g/mol. The molecule has 0 aromatic carbocycles. The predicted molar refractivity (Wildman–Crippen MR) is 143 cm³/mol. The number of aliphatic hydroxyl groups excluding tert-OH is 2. The Bertz CT molecular complexity index is 965. The van der Waals surface area contributed by atoms with Gasteiger partial charge >= 0.3 is 5.97 Å². The summed E-state index contributed by atoms with van der Waals surface area (Å²) < 4.78 is 5.73. The van der Waals surface area contributed by atoms with Crippen molar-refractivity contribution in [1.82, 2.24) is 0 Å². The minimum atomic E-state index is -0.716. The fraction of sp³-hybridized carbons (Fsp3) is 0.906. The van der Waals surface area contributed by atoms with Gasteiger partial charge in [0.05, 0.1) is 12.2 Å². The molecule has 0 bridgehead atoms. The van der Waals surface area contributed by atoms with Crippen LogP contribution in [0.15, 0.2) is 11.6 Å². The first-order valence-electron chi connectivity index (χ1n) is 14.7. The fourth-order valence-electron chi connectivity index (χ4n) is 11.2. The van der Waals surface area contributed by atoms with Gasteiger partial charge in [0, 0.05) is 18.3 Å². The Labute approximate surface area is 219 Å². The summed E-state index contributed by atoms with van der Waals surface area (Å²) in [6.45, 7) is 20.5. The summed E-state index contributed by atoms with van der Waals surface area (Å²) in [5, 5.41) is 23.4. The Kier molecular flexibility index (Phi) is 5.82. The second kappa shape index (κ2) is 7.84. The zero-order valence-electron chi connectivity index (χ0n) is 24.4. The van der Waals surface area contributed by atoms with E-state index in [1.54, 1.807) is 5.57 Å². The zero-order valence-corrected chi connectivity index (χ0v) is 24.4. The van der Waals surface area contributed by atoms with Gasteiger partial charge in [-0.3, -0.25) is 4.79 Å². The zero-order chi connectivity index (χ0) is 26.7. The molecule has 5 aliphatic carbocycles. The van der Waals surface area contributed by atoms with E-state index in [0.29, 0.717) is 23.2 Å². The SMILES string of the molecule is CC(=O)O[C@H]1[C@H](O)C[C@]2(C)[C@H]3[C@H](O)C=C4[C@@H]5CC(C)(C)CC[C@]5(C)CC[C@@]4(C)[C@]3(C)CC[C@H]2C1(C)C. The molecule has 4 saturated carbocycles. The van der Waals surface area contributed by atoms with Gasteiger partial charge in [-0.2, -0.15) is 0 Å². The summed E-state index contributed by atoms with van der Waals surface area (Å²) in [5.41, 5.74) is 1.67. The van der Waals surface area contributed by atoms with Crippen LogP contribution in [0.2, 0.25) is 0 Å². The van der Waals surface area contributed by atoms with Crippen LogP contribution in [0.4, 0.5) is 0 Å². The average molecular weight is 501 g/mol. The molecule has 5 aliphatic rings. The van der Waals surface area contributed by atoms with Crippen molar-refractivity contribution in [3.8, 4) is 0 Å². The maximum absolute atomic E-state index is 12.1. The molecule has 0 aromatic rings. The highest BCUT2D eigenvalue weighted by atomic mass is 16.6. The van der Waals surface area contributed by atoms with E-state index >= 15 is 0 Å². The molecular weight excluding hydrogens is 448 g/mol. The molecule has 36 heavy (non-hydrogen) atoms. The van der Waals surface area contributed by atoms with Crippen LogP contribution in [0, 0.1) is 50.2 Å². The fourth-order valence-corrected chi connectivity index (χ4v) is 11.2. The highest BCUT2D eigenvalue weighted by Crippen LogP contribution is 2.75. The largest absolute Gasteiger partial charge is 0.459 e. The number of allylic oxidation sites excluding steroid dienone is 1. The van der Waals surface area contributed by atoms with Crippen LogP contribution in [0.25, 0.3) is 0 Å². The van der Waals surface area contributed by atoms with Crippen LogP contribution in [0.5, 0.6) is 0 Å². The van der Waals surface area contributed by atoms with Crippen molar-refractivity contribution in [3.05, 3.63) is 11.6 Å². The molecule has 0 spiro atoms. The highest BCUT2D eigenvalue weighted by Gasteiger charge is 2.71. The maximum Gasteiger partial charge on any atom is 0.303 e. The molecule has 204 valence electrons. The number of esters is 1. The van der Waals surface area contributed by atoms with E-state index in [4.69, 9.17) is 4.74 Å². The standard InChI is InChI=1S/C32H52O4/c1-19(33)36-26-23(35)18-30(7)24(28(26,4)5)10-11-32(9)25(30)22(34)16-20-21-17-27(2,3)12-13-29(21,6)14-15-31(20,32)8/h16,21-26,34-35H,10-15,17-18H2,1-9H3/t21-,22+,23+,24-,25+,26-,29+,30-,31+,32+/m0/s1. The molecule has 0 amide bonds. The van der Waals surface area contributed by atoms with Gasteiger partial charge < -0.3 is 14.9 Å². The van der Waals surface area contributed by atoms with E-state index in [1.807, 2.05) is 0 Å². The van der Waals surface area contributed by atoms with Gasteiger partial charge in [0.2, 0.25) is 0 Å². The second-order valence-electron chi connectivity index (χ2n) is 16.1. The maximum atomic E-state index is 12.1. The van der Waals surface area contributed by atoms with Gasteiger partial charge in [-0.05, 0) is 90.3 Å². The van der Waals surface area contributed by atoms with Gasteiger partial charge in [0.1, 0.15) is 6.10 Å². The number of carbonyl (C=O) groups is 1. The quantitative estimate of drug-likeness (QED) is 0.311. The highest BCUT2D eigenvalue weighted by molar-refractivity contribution is 5.66. The van der Waals surface area contributed by atoms with E-state index < -0.39 is 18.3 Å². The molecular formula is C32H52O4. The van der Waals surface area contributed by atoms with Gasteiger partial charge in [0.25, 0.3) is 0 Å². The minimum Gasteiger partial charge on any atom is -0.459 e. The first-order chi connectivity index (χ1) is 16.4. The summed E-state index contributed by atoms with van der Waals surface area (Å²) in [6.07, 6.45) is 9.52. The third-order valence-electron chi connectivity index (χ3n) is 13.2. The van der Waals surface area contributed by atoms with Crippen LogP contribution >= 0.6 is 0 Å². The minimum absolute atomic E-state index is 0.0330. The average Bonchev–Trinajstić information content (AvgIpc) is 2.73. The number of hydrogen-bond donors (Lipinski definition) is 2. The van der Waals surface area contributed by atoms with E-state index in [1.165, 1.54) is 39.0 Å². The van der Waals surface area contributed by atoms with Crippen LogP contribution < -0.4 is 0 Å². The number of aliphatic hydroxyl groups is 2. The number of rotatable bonds is 1. The van der Waals surface area contributed by atoms with Crippen molar-refractivity contribution in [2.24, 2.45) is 50.2 Å². The Hall–Kier alpha value is -0.870. The van der Waals surface area contributed by atoms with Gasteiger partial charge in [-0.15, -0.1) is 0 Å². The molecule has 4 nitrogen and oxygen atoms in total. The molecule has 4 fully saturated rings. The van der Waals surface area contributed by atoms with Crippen molar-refractivity contribution in [1.29, 1.82) is 0 Å². The van der Waals surface area contributed by atoms with E-state index in [-0.39, 0.29) is 39.5 Å². The molecule has 5 rings (SSSR count). The molecule has 0 unspecified atom stereocenters. The van der Waals surface area contributed by atoms with E-state index in [9.17, 15) is 15.0 Å². The van der Waals surface area contributed by atoms with Crippen molar-refractivity contribution < 1.29 is 19.7 Å². The molecule has 2 N–H and O–H groups in total. The Morgan fingerprint density at radius 2 is 1.56 bits per heavy atom. The van der Waals surface area contributed by atoms with Crippen molar-refractivity contribution >= 4 is 5.97 Å². The molecule has 10 atom stereocenters. The number of fused-ring (bicyclic) bond motifs is 7. The molecule has 0 radical (unpaired) electrons. The molecule has 4 heteroatoms. The first-order valence-corrected chi connectivity index (χ1v) is 14.7. The lowest BCUT2D eigenvalue weighted by Crippen LogP contribution is -2.69. The van der Waals surface area contributed by atoms with Crippen LogP contribution in [-0.2, 0) is 9.53 Å². The van der Waals surface area contributed by atoms with Crippen LogP contribution in [0.1, 0.15) is 114 Å². The van der Waals surface area contributed by atoms with Crippen molar-refractivity contribution in [2.75, 3.05) is 0 Å². The van der Waals surface area contributed by atoms with Crippen molar-refractivity contribution in [3.63, 3.8) is 0 Å². The predicted octanol–water partition coefficient (Wildman–Crippen LogP) is 6.68. The number of carbonyl (C=O) groups excluding carboxylic acids is 1. The molecule has 0 aromatic heterocycles. The lowest BCUT2D eigenvalue weighted by molar-refractivity contribution is -0.252.